The highest BCUT2D eigenvalue weighted by molar-refractivity contribution is 8.13. The Morgan fingerprint density at radius 1 is 1.25 bits per heavy atom. The minimum atomic E-state index is -4.03. The van der Waals surface area contributed by atoms with E-state index in [0.29, 0.717) is 5.82 Å². The Hall–Kier alpha value is -1.18. The van der Waals surface area contributed by atoms with Gasteiger partial charge in [0, 0.05) is 28.5 Å². The summed E-state index contributed by atoms with van der Waals surface area (Å²) in [6.45, 7) is 5.45. The average molecular weight is 335 g/mol. The zero-order chi connectivity index (χ0) is 15.1. The maximum Gasteiger partial charge on any atom is 0.266 e. The summed E-state index contributed by atoms with van der Waals surface area (Å²) in [6.07, 6.45) is 4.37. The molecule has 0 spiro atoms. The van der Waals surface area contributed by atoms with Crippen LogP contribution >= 0.6 is 22.3 Å². The molecule has 2 heterocycles. The van der Waals surface area contributed by atoms with Gasteiger partial charge in [-0.2, -0.15) is 5.10 Å². The lowest BCUT2D eigenvalue weighted by Crippen LogP contribution is -2.15. The highest BCUT2D eigenvalue weighted by Crippen LogP contribution is 2.36. The Balaban J connectivity index is 2.79. The zero-order valence-electron chi connectivity index (χ0n) is 11.0. The van der Waals surface area contributed by atoms with E-state index >= 15 is 0 Å². The van der Waals surface area contributed by atoms with Crippen LogP contribution in [-0.4, -0.2) is 28.2 Å². The van der Waals surface area contributed by atoms with Gasteiger partial charge in [0.1, 0.15) is 4.90 Å². The lowest BCUT2D eigenvalue weighted by Gasteiger charge is -2.16. The van der Waals surface area contributed by atoms with Crippen molar-refractivity contribution < 1.29 is 8.42 Å². The molecule has 0 unspecified atom stereocenters. The second kappa shape index (κ2) is 4.98. The molecule has 0 N–H and O–H groups in total. The van der Waals surface area contributed by atoms with Gasteiger partial charge in [-0.1, -0.05) is 32.4 Å². The minimum Gasteiger partial charge on any atom is -0.259 e. The van der Waals surface area contributed by atoms with Crippen LogP contribution in [0.5, 0.6) is 0 Å². The molecule has 2 aromatic heterocycles. The van der Waals surface area contributed by atoms with Crippen molar-refractivity contribution in [2.24, 2.45) is 0 Å². The first-order valence-electron chi connectivity index (χ1n) is 5.62. The standard InChI is InChI=1S/C11H12Cl2N4O2S/c1-11(2,3)9-8(20(13,18)19)10(12)17(16-9)7-6-14-4-5-15-7/h4-6H,1-3H3. The topological polar surface area (TPSA) is 77.7 Å². The summed E-state index contributed by atoms with van der Waals surface area (Å²) in [4.78, 5) is 7.75. The normalized spacial score (nSPS) is 12.7. The first kappa shape index (κ1) is 15.2. The van der Waals surface area contributed by atoms with Gasteiger partial charge >= 0.3 is 0 Å². The van der Waals surface area contributed by atoms with Crippen LogP contribution < -0.4 is 0 Å². The molecular weight excluding hydrogens is 323 g/mol. The van der Waals surface area contributed by atoms with Gasteiger partial charge in [-0.3, -0.25) is 4.98 Å². The summed E-state index contributed by atoms with van der Waals surface area (Å²) in [5, 5.41) is 4.13. The first-order valence-corrected chi connectivity index (χ1v) is 8.31. The van der Waals surface area contributed by atoms with Gasteiger partial charge in [0.25, 0.3) is 9.05 Å². The summed E-state index contributed by atoms with van der Waals surface area (Å²) < 4.78 is 24.7. The third-order valence-electron chi connectivity index (χ3n) is 2.51. The van der Waals surface area contributed by atoms with Crippen LogP contribution in [0.2, 0.25) is 5.15 Å². The molecule has 0 saturated heterocycles. The van der Waals surface area contributed by atoms with Crippen LogP contribution in [-0.2, 0) is 14.5 Å². The lowest BCUT2D eigenvalue weighted by molar-refractivity contribution is 0.544. The van der Waals surface area contributed by atoms with Crippen LogP contribution in [0.25, 0.3) is 5.82 Å². The second-order valence-corrected chi connectivity index (χ2v) is 7.99. The fraction of sp³-hybridized carbons (Fsp3) is 0.364. The SMILES string of the molecule is CC(C)(C)c1nn(-c2cnccn2)c(Cl)c1S(=O)(=O)Cl. The van der Waals surface area contributed by atoms with Gasteiger partial charge < -0.3 is 0 Å². The maximum atomic E-state index is 11.8. The van der Waals surface area contributed by atoms with Gasteiger partial charge in [0.15, 0.2) is 11.0 Å². The summed E-state index contributed by atoms with van der Waals surface area (Å²) in [6, 6.07) is 0. The van der Waals surface area contributed by atoms with Gasteiger partial charge in [-0.15, -0.1) is 0 Å². The molecule has 0 saturated carbocycles. The van der Waals surface area contributed by atoms with E-state index in [-0.39, 0.29) is 15.7 Å². The van der Waals surface area contributed by atoms with Crippen molar-refractivity contribution in [3.05, 3.63) is 29.4 Å². The van der Waals surface area contributed by atoms with Gasteiger partial charge in [-0.25, -0.2) is 18.1 Å². The molecule has 9 heteroatoms. The summed E-state index contributed by atoms with van der Waals surface area (Å²) in [5.41, 5.74) is -0.267. The molecule has 0 fully saturated rings. The Bertz CT molecular complexity index is 736. The molecule has 20 heavy (non-hydrogen) atoms. The van der Waals surface area contributed by atoms with Crippen molar-refractivity contribution in [3.8, 4) is 5.82 Å². The van der Waals surface area contributed by atoms with Gasteiger partial charge in [0.05, 0.1) is 11.9 Å². The van der Waals surface area contributed by atoms with Crippen molar-refractivity contribution in [3.63, 3.8) is 0 Å². The van der Waals surface area contributed by atoms with Crippen molar-refractivity contribution in [1.82, 2.24) is 19.7 Å². The number of aromatic nitrogens is 4. The average Bonchev–Trinajstić information content (AvgIpc) is 2.67. The molecule has 108 valence electrons. The molecule has 0 aromatic carbocycles. The number of halogens is 2. The van der Waals surface area contributed by atoms with Crippen LogP contribution in [0.4, 0.5) is 0 Å². The summed E-state index contributed by atoms with van der Waals surface area (Å²) >= 11 is 6.12. The van der Waals surface area contributed by atoms with E-state index in [1.165, 1.54) is 23.3 Å². The molecule has 2 aromatic rings. The van der Waals surface area contributed by atoms with E-state index < -0.39 is 14.5 Å². The fourth-order valence-corrected chi connectivity index (χ4v) is 3.58. The molecule has 0 radical (unpaired) electrons. The minimum absolute atomic E-state index is 0.106. The Morgan fingerprint density at radius 2 is 1.90 bits per heavy atom. The molecule has 6 nitrogen and oxygen atoms in total. The van der Waals surface area contributed by atoms with Crippen molar-refractivity contribution in [1.29, 1.82) is 0 Å². The molecule has 0 aliphatic heterocycles. The van der Waals surface area contributed by atoms with E-state index in [9.17, 15) is 8.42 Å². The van der Waals surface area contributed by atoms with Crippen molar-refractivity contribution >= 4 is 31.3 Å². The second-order valence-electron chi connectivity index (χ2n) is 5.13. The van der Waals surface area contributed by atoms with Crippen LogP contribution in [0, 0.1) is 0 Å². The number of hydrogen-bond acceptors (Lipinski definition) is 5. The van der Waals surface area contributed by atoms with Gasteiger partial charge in [0.2, 0.25) is 0 Å². The Morgan fingerprint density at radius 3 is 2.30 bits per heavy atom. The molecule has 0 aliphatic carbocycles. The van der Waals surface area contributed by atoms with Gasteiger partial charge in [-0.05, 0) is 0 Å². The smallest absolute Gasteiger partial charge is 0.259 e. The monoisotopic (exact) mass is 334 g/mol. The molecule has 2 rings (SSSR count). The summed E-state index contributed by atoms with van der Waals surface area (Å²) in [5.74, 6) is 0.314. The zero-order valence-corrected chi connectivity index (χ0v) is 13.3. The predicted octanol–water partition coefficient (Wildman–Crippen LogP) is 2.54. The molecule has 0 atom stereocenters. The molecule has 0 bridgehead atoms. The third kappa shape index (κ3) is 2.79. The molecular formula is C11H12Cl2N4O2S. The van der Waals surface area contributed by atoms with Crippen molar-refractivity contribution in [2.75, 3.05) is 0 Å². The number of hydrogen-bond donors (Lipinski definition) is 0. The molecule has 0 amide bonds. The van der Waals surface area contributed by atoms with E-state index in [4.69, 9.17) is 22.3 Å². The highest BCUT2D eigenvalue weighted by Gasteiger charge is 2.33. The first-order chi connectivity index (χ1) is 9.12. The molecule has 0 aliphatic rings. The fourth-order valence-electron chi connectivity index (χ4n) is 1.64. The summed E-state index contributed by atoms with van der Waals surface area (Å²) in [7, 11) is 1.45. The van der Waals surface area contributed by atoms with E-state index in [1.54, 1.807) is 0 Å². The van der Waals surface area contributed by atoms with Crippen molar-refractivity contribution in [2.45, 2.75) is 31.1 Å². The van der Waals surface area contributed by atoms with Crippen LogP contribution in [0.3, 0.4) is 0 Å². The van der Waals surface area contributed by atoms with E-state index in [1.807, 2.05) is 20.8 Å². The van der Waals surface area contributed by atoms with Crippen LogP contribution in [0.1, 0.15) is 26.5 Å². The third-order valence-corrected chi connectivity index (χ3v) is 4.31. The number of rotatable bonds is 2. The quantitative estimate of drug-likeness (QED) is 0.788. The highest BCUT2D eigenvalue weighted by atomic mass is 35.7. The lowest BCUT2D eigenvalue weighted by atomic mass is 9.92. The predicted molar refractivity (Wildman–Crippen MR) is 75.9 cm³/mol. The largest absolute Gasteiger partial charge is 0.266 e. The van der Waals surface area contributed by atoms with E-state index in [0.717, 1.165) is 0 Å². The Labute approximate surface area is 126 Å². The maximum absolute atomic E-state index is 11.8. The number of nitrogens with zero attached hydrogens (tertiary/aromatic N) is 4. The van der Waals surface area contributed by atoms with E-state index in [2.05, 4.69) is 15.1 Å². The van der Waals surface area contributed by atoms with Crippen LogP contribution in [0.15, 0.2) is 23.5 Å². The Kier molecular flexibility index (Phi) is 3.79.